The van der Waals surface area contributed by atoms with Crippen LogP contribution in [-0.2, 0) is 6.42 Å². The van der Waals surface area contributed by atoms with Crippen molar-refractivity contribution >= 4 is 28.1 Å². The number of hydrogen-bond acceptors (Lipinski definition) is 7. The number of carbonyl (C=O) groups is 1. The Kier molecular flexibility index (Phi) is 11.0. The molecule has 0 spiro atoms. The summed E-state index contributed by atoms with van der Waals surface area (Å²) in [5, 5.41) is 21.4. The Hall–Kier alpha value is -2.30. The van der Waals surface area contributed by atoms with Crippen LogP contribution in [0.15, 0.2) is 48.5 Å². The number of hydrogen-bond donors (Lipinski definition) is 6. The van der Waals surface area contributed by atoms with Crippen LogP contribution < -0.4 is 20.3 Å². The number of β-amino-alcohol motifs (C(OH)–C–C–N with tert-alkyl or cyclic N) is 1. The Morgan fingerprint density at radius 2 is 1.85 bits per heavy atom. The molecule has 228 valence electrons. The van der Waals surface area contributed by atoms with Crippen molar-refractivity contribution in [2.24, 2.45) is 5.92 Å². The summed E-state index contributed by atoms with van der Waals surface area (Å²) in [5.41, 5.74) is 2.94. The summed E-state index contributed by atoms with van der Waals surface area (Å²) < 4.78 is 23.1. The highest BCUT2D eigenvalue weighted by Gasteiger charge is 2.42. The summed E-state index contributed by atoms with van der Waals surface area (Å²) in [5.74, 6) is 0.727. The van der Waals surface area contributed by atoms with Crippen molar-refractivity contribution in [3.05, 3.63) is 59.7 Å². The largest absolute Gasteiger partial charge is 0.390 e. The van der Waals surface area contributed by atoms with Crippen LogP contribution in [0.3, 0.4) is 0 Å². The van der Waals surface area contributed by atoms with Crippen LogP contribution in [0.2, 0.25) is 0 Å². The van der Waals surface area contributed by atoms with Gasteiger partial charge in [0.25, 0.3) is 5.91 Å². The third-order valence-electron chi connectivity index (χ3n) is 8.29. The fourth-order valence-electron chi connectivity index (χ4n) is 5.68. The standard InChI is InChI=1S/C32H50N4O4S/c1-4-33-27-20-26(21-28(22-27)36-17-8-9-18-41(36,39)40)31(38)35-29(19-25-12-6-5-7-13-25)30(37)23-34-32(15-16-32)14-10-11-24(2)3/h5-7,12-13,20-22,24,29-30,33-34,37,39-40H,4,8-11,14-19,23H2,1-3H3,(H,35,38)/t29-,30+/m0/s1. The van der Waals surface area contributed by atoms with Crippen LogP contribution in [0.5, 0.6) is 0 Å². The van der Waals surface area contributed by atoms with Gasteiger partial charge in [0.1, 0.15) is 0 Å². The Morgan fingerprint density at radius 1 is 1.10 bits per heavy atom. The predicted octanol–water partition coefficient (Wildman–Crippen LogP) is 6.03. The molecule has 2 aromatic rings. The fraction of sp³-hybridized carbons (Fsp3) is 0.594. The second kappa shape index (κ2) is 14.2. The Balaban J connectivity index is 1.50. The number of nitrogens with one attached hydrogen (secondary N) is 3. The first kappa shape index (κ1) is 31.6. The highest BCUT2D eigenvalue weighted by Crippen LogP contribution is 2.50. The Labute approximate surface area is 247 Å². The summed E-state index contributed by atoms with van der Waals surface area (Å²) >= 11 is 0. The number of rotatable bonds is 15. The minimum atomic E-state index is -2.93. The summed E-state index contributed by atoms with van der Waals surface area (Å²) in [6, 6.07) is 14.8. The highest BCUT2D eigenvalue weighted by molar-refractivity contribution is 8.25. The zero-order valence-electron chi connectivity index (χ0n) is 24.9. The molecular weight excluding hydrogens is 536 g/mol. The van der Waals surface area contributed by atoms with Gasteiger partial charge in [-0.3, -0.25) is 18.2 Å². The van der Waals surface area contributed by atoms with E-state index in [4.69, 9.17) is 0 Å². The van der Waals surface area contributed by atoms with Crippen molar-refractivity contribution in [3.63, 3.8) is 0 Å². The molecule has 2 fully saturated rings. The van der Waals surface area contributed by atoms with Crippen molar-refractivity contribution in [2.45, 2.75) is 89.8 Å². The lowest BCUT2D eigenvalue weighted by atomic mass is 9.99. The smallest absolute Gasteiger partial charge is 0.251 e. The van der Waals surface area contributed by atoms with Gasteiger partial charge in [0, 0.05) is 36.4 Å². The summed E-state index contributed by atoms with van der Waals surface area (Å²) in [7, 11) is -2.93. The average molecular weight is 587 g/mol. The van der Waals surface area contributed by atoms with Gasteiger partial charge >= 0.3 is 0 Å². The van der Waals surface area contributed by atoms with Gasteiger partial charge in [-0.25, -0.2) is 0 Å². The minimum Gasteiger partial charge on any atom is -0.390 e. The molecule has 1 aliphatic carbocycles. The molecule has 0 radical (unpaired) electrons. The molecule has 0 unspecified atom stereocenters. The summed E-state index contributed by atoms with van der Waals surface area (Å²) in [6.07, 6.45) is 7.12. The average Bonchev–Trinajstić information content (AvgIpc) is 3.71. The fourth-order valence-corrected chi connectivity index (χ4v) is 7.36. The molecular formula is C32H50N4O4S. The maximum absolute atomic E-state index is 13.7. The van der Waals surface area contributed by atoms with E-state index in [0.717, 1.165) is 43.4 Å². The van der Waals surface area contributed by atoms with Gasteiger partial charge in [0.05, 0.1) is 23.6 Å². The SMILES string of the molecule is CCNc1cc(C(=O)N[C@@H](Cc2ccccc2)[C@H](O)CNC2(CCCC(C)C)CC2)cc(N2CCCCS2(O)O)c1. The van der Waals surface area contributed by atoms with Crippen molar-refractivity contribution in [3.8, 4) is 0 Å². The van der Waals surface area contributed by atoms with Crippen molar-refractivity contribution in [1.29, 1.82) is 0 Å². The van der Waals surface area contributed by atoms with Crippen molar-refractivity contribution in [2.75, 3.05) is 35.0 Å². The Bertz CT molecular complexity index is 1130. The van der Waals surface area contributed by atoms with Crippen LogP contribution >= 0.6 is 10.8 Å². The number of anilines is 2. The van der Waals surface area contributed by atoms with E-state index in [1.54, 1.807) is 16.4 Å². The van der Waals surface area contributed by atoms with E-state index in [0.29, 0.717) is 49.0 Å². The first-order valence-electron chi connectivity index (χ1n) is 15.3. The Morgan fingerprint density at radius 3 is 2.51 bits per heavy atom. The molecule has 6 N–H and O–H groups in total. The number of carbonyl (C=O) groups excluding carboxylic acids is 1. The second-order valence-corrected chi connectivity index (χ2v) is 14.3. The van der Waals surface area contributed by atoms with Gasteiger partial charge in [0.2, 0.25) is 0 Å². The van der Waals surface area contributed by atoms with E-state index in [1.165, 1.54) is 12.8 Å². The zero-order valence-corrected chi connectivity index (χ0v) is 25.8. The van der Waals surface area contributed by atoms with Crippen LogP contribution in [0.25, 0.3) is 0 Å². The monoisotopic (exact) mass is 586 g/mol. The molecule has 1 saturated heterocycles. The first-order chi connectivity index (χ1) is 19.6. The number of amides is 1. The quantitative estimate of drug-likeness (QED) is 0.151. The van der Waals surface area contributed by atoms with Gasteiger partial charge in [-0.15, -0.1) is 10.8 Å². The number of benzene rings is 2. The predicted molar refractivity (Wildman–Crippen MR) is 171 cm³/mol. The van der Waals surface area contributed by atoms with E-state index < -0.39 is 22.9 Å². The molecule has 2 aromatic carbocycles. The van der Waals surface area contributed by atoms with Crippen LogP contribution in [-0.4, -0.2) is 63.2 Å². The lowest BCUT2D eigenvalue weighted by molar-refractivity contribution is 0.0821. The number of aliphatic hydroxyl groups excluding tert-OH is 1. The molecule has 2 atom stereocenters. The summed E-state index contributed by atoms with van der Waals surface area (Å²) in [6.45, 7) is 8.09. The van der Waals surface area contributed by atoms with E-state index in [-0.39, 0.29) is 11.4 Å². The van der Waals surface area contributed by atoms with Crippen molar-refractivity contribution in [1.82, 2.24) is 10.6 Å². The van der Waals surface area contributed by atoms with E-state index >= 15 is 0 Å². The van der Waals surface area contributed by atoms with Gasteiger partial charge in [0.15, 0.2) is 0 Å². The first-order valence-corrected chi connectivity index (χ1v) is 17.0. The molecule has 1 heterocycles. The maximum Gasteiger partial charge on any atom is 0.251 e. The van der Waals surface area contributed by atoms with Crippen LogP contribution in [0, 0.1) is 5.92 Å². The second-order valence-electron chi connectivity index (χ2n) is 12.2. The van der Waals surface area contributed by atoms with Gasteiger partial charge in [-0.2, -0.15) is 0 Å². The van der Waals surface area contributed by atoms with E-state index in [9.17, 15) is 19.0 Å². The van der Waals surface area contributed by atoms with Crippen LogP contribution in [0.4, 0.5) is 11.4 Å². The van der Waals surface area contributed by atoms with Gasteiger partial charge in [-0.1, -0.05) is 57.0 Å². The third-order valence-corrected chi connectivity index (χ3v) is 10.2. The zero-order chi connectivity index (χ0) is 29.5. The van der Waals surface area contributed by atoms with E-state index in [1.807, 2.05) is 43.3 Å². The molecule has 1 amide bonds. The molecule has 0 bridgehead atoms. The molecule has 41 heavy (non-hydrogen) atoms. The lowest BCUT2D eigenvalue weighted by Gasteiger charge is -2.47. The molecule has 8 nitrogen and oxygen atoms in total. The molecule has 1 aliphatic heterocycles. The number of nitrogens with zero attached hydrogens (tertiary/aromatic N) is 1. The van der Waals surface area contributed by atoms with E-state index in [2.05, 4.69) is 29.8 Å². The number of aliphatic hydroxyl groups is 1. The lowest BCUT2D eigenvalue weighted by Crippen LogP contribution is -2.50. The highest BCUT2D eigenvalue weighted by atomic mass is 32.3. The molecule has 4 rings (SSSR count). The normalized spacial score (nSPS) is 19.8. The molecule has 1 saturated carbocycles. The topological polar surface area (TPSA) is 117 Å². The third kappa shape index (κ3) is 9.09. The molecule has 9 heteroatoms. The van der Waals surface area contributed by atoms with Gasteiger partial charge in [-0.05, 0) is 75.1 Å². The van der Waals surface area contributed by atoms with Crippen LogP contribution in [0.1, 0.15) is 81.6 Å². The molecule has 0 aromatic heterocycles. The maximum atomic E-state index is 13.7. The minimum absolute atomic E-state index is 0.115. The summed E-state index contributed by atoms with van der Waals surface area (Å²) in [4.78, 5) is 13.7. The molecule has 2 aliphatic rings. The van der Waals surface area contributed by atoms with Crippen molar-refractivity contribution < 1.29 is 19.0 Å². The van der Waals surface area contributed by atoms with Gasteiger partial charge < -0.3 is 21.1 Å².